The molecule has 0 fully saturated rings. The normalized spacial score (nSPS) is 12.7. The number of aliphatic hydroxyl groups excluding tert-OH is 1. The molecule has 0 spiro atoms. The first-order valence-electron chi connectivity index (χ1n) is 9.66. The molecule has 3 rings (SSSR count). The molecule has 0 saturated carbocycles. The molecule has 0 aliphatic rings. The van der Waals surface area contributed by atoms with Crippen molar-refractivity contribution < 1.29 is 13.5 Å². The van der Waals surface area contributed by atoms with Gasteiger partial charge in [0.05, 0.1) is 17.2 Å². The third-order valence-corrected chi connectivity index (χ3v) is 7.36. The van der Waals surface area contributed by atoms with E-state index in [1.165, 1.54) is 28.6 Å². The van der Waals surface area contributed by atoms with E-state index in [1.54, 1.807) is 29.8 Å². The van der Waals surface area contributed by atoms with Crippen LogP contribution in [0.25, 0.3) is 0 Å². The molecule has 31 heavy (non-hydrogen) atoms. The first kappa shape index (κ1) is 23.5. The van der Waals surface area contributed by atoms with E-state index < -0.39 is 16.1 Å². The monoisotopic (exact) mass is 483 g/mol. The van der Waals surface area contributed by atoms with Crippen LogP contribution in [0.1, 0.15) is 31.2 Å². The number of hydrogen-bond donors (Lipinski definition) is 1. The number of rotatable bonds is 9. The summed E-state index contributed by atoms with van der Waals surface area (Å²) in [5, 5.41) is 22.1. The second kappa shape index (κ2) is 9.95. The fourth-order valence-corrected chi connectivity index (χ4v) is 5.32. The minimum atomic E-state index is -3.95. The van der Waals surface area contributed by atoms with Crippen molar-refractivity contribution in [3.05, 3.63) is 63.9 Å². The molecule has 2 aromatic carbocycles. The second-order valence-electron chi connectivity index (χ2n) is 7.13. The predicted octanol–water partition coefficient (Wildman–Crippen LogP) is 3.84. The zero-order chi connectivity index (χ0) is 22.6. The minimum absolute atomic E-state index is 0.101. The van der Waals surface area contributed by atoms with Gasteiger partial charge in [0.1, 0.15) is 5.82 Å². The summed E-state index contributed by atoms with van der Waals surface area (Å²) < 4.78 is 30.3. The Morgan fingerprint density at radius 2 is 1.81 bits per heavy atom. The van der Waals surface area contributed by atoms with Crippen molar-refractivity contribution in [2.45, 2.75) is 50.8 Å². The average Bonchev–Trinajstić information content (AvgIpc) is 3.13. The molecule has 1 heterocycles. The molecule has 0 saturated heterocycles. The molecule has 0 amide bonds. The van der Waals surface area contributed by atoms with Crippen LogP contribution in [0.15, 0.2) is 47.4 Å². The minimum Gasteiger partial charge on any atom is -0.392 e. The number of aromatic nitrogens is 4. The Kier molecular flexibility index (Phi) is 7.53. The molecule has 1 N–H and O–H groups in total. The Labute approximate surface area is 191 Å². The smallest absolute Gasteiger partial charge is 0.264 e. The summed E-state index contributed by atoms with van der Waals surface area (Å²) >= 11 is 12.1. The quantitative estimate of drug-likeness (QED) is 0.495. The molecular weight excluding hydrogens is 461 g/mol. The highest BCUT2D eigenvalue weighted by Crippen LogP contribution is 2.33. The lowest BCUT2D eigenvalue weighted by Crippen LogP contribution is -2.39. The van der Waals surface area contributed by atoms with Crippen molar-refractivity contribution in [3.63, 3.8) is 0 Å². The van der Waals surface area contributed by atoms with Gasteiger partial charge in [-0.05, 0) is 73.5 Å². The molecular formula is C20H23Cl2N5O3S. The Bertz CT molecular complexity index is 1140. The van der Waals surface area contributed by atoms with Crippen molar-refractivity contribution in [2.24, 2.45) is 0 Å². The van der Waals surface area contributed by atoms with Gasteiger partial charge in [-0.25, -0.2) is 13.1 Å². The molecule has 0 unspecified atom stereocenters. The van der Waals surface area contributed by atoms with Crippen LogP contribution in [0, 0.1) is 6.92 Å². The van der Waals surface area contributed by atoms with Gasteiger partial charge < -0.3 is 5.11 Å². The maximum atomic E-state index is 13.6. The zero-order valence-corrected chi connectivity index (χ0v) is 19.4. The van der Waals surface area contributed by atoms with Crippen molar-refractivity contribution in [2.75, 3.05) is 4.31 Å². The molecule has 0 radical (unpaired) electrons. The summed E-state index contributed by atoms with van der Waals surface area (Å²) in [5.41, 5.74) is 0.807. The number of sulfonamides is 1. The Morgan fingerprint density at radius 1 is 1.13 bits per heavy atom. The maximum Gasteiger partial charge on any atom is 0.264 e. The van der Waals surface area contributed by atoms with Crippen molar-refractivity contribution >= 4 is 38.9 Å². The summed E-state index contributed by atoms with van der Waals surface area (Å²) in [6.45, 7) is 3.86. The Hall–Kier alpha value is -2.20. The number of anilines is 1. The number of tetrazole rings is 1. The van der Waals surface area contributed by atoms with Gasteiger partial charge in [-0.1, -0.05) is 29.3 Å². The van der Waals surface area contributed by atoms with Crippen LogP contribution in [0.3, 0.4) is 0 Å². The highest BCUT2D eigenvalue weighted by atomic mass is 35.5. The average molecular weight is 484 g/mol. The summed E-state index contributed by atoms with van der Waals surface area (Å²) in [4.78, 5) is 0.101. The molecule has 166 valence electrons. The molecule has 0 aliphatic heterocycles. The Morgan fingerprint density at radius 3 is 2.42 bits per heavy atom. The highest BCUT2D eigenvalue weighted by molar-refractivity contribution is 7.92. The van der Waals surface area contributed by atoms with E-state index >= 15 is 0 Å². The van der Waals surface area contributed by atoms with Gasteiger partial charge in [0.2, 0.25) is 0 Å². The van der Waals surface area contributed by atoms with Gasteiger partial charge in [-0.3, -0.25) is 4.31 Å². The number of hydrogen-bond acceptors (Lipinski definition) is 6. The van der Waals surface area contributed by atoms with E-state index in [2.05, 4.69) is 15.5 Å². The number of aryl methyl sites for hydroxylation is 2. The van der Waals surface area contributed by atoms with E-state index in [9.17, 15) is 13.5 Å². The lowest BCUT2D eigenvalue weighted by Gasteiger charge is -2.32. The first-order valence-corrected chi connectivity index (χ1v) is 11.9. The topological polar surface area (TPSA) is 101 Å². The summed E-state index contributed by atoms with van der Waals surface area (Å²) in [5.74, 6) is 0.690. The highest BCUT2D eigenvalue weighted by Gasteiger charge is 2.31. The fourth-order valence-electron chi connectivity index (χ4n) is 3.31. The molecule has 1 atom stereocenters. The van der Waals surface area contributed by atoms with Gasteiger partial charge in [-0.15, -0.1) is 5.10 Å². The lowest BCUT2D eigenvalue weighted by atomic mass is 10.1. The van der Waals surface area contributed by atoms with Crippen LogP contribution >= 0.6 is 23.2 Å². The van der Waals surface area contributed by atoms with Crippen molar-refractivity contribution in [1.82, 2.24) is 20.2 Å². The molecule has 8 nitrogen and oxygen atoms in total. The number of halogens is 2. The third kappa shape index (κ3) is 5.35. The van der Waals surface area contributed by atoms with Crippen LogP contribution in [0.5, 0.6) is 0 Å². The van der Waals surface area contributed by atoms with Crippen LogP contribution < -0.4 is 4.31 Å². The van der Waals surface area contributed by atoms with Gasteiger partial charge in [0, 0.05) is 28.2 Å². The summed E-state index contributed by atoms with van der Waals surface area (Å²) in [6, 6.07) is 10.4. The first-order chi connectivity index (χ1) is 14.7. The van der Waals surface area contributed by atoms with E-state index in [0.29, 0.717) is 46.5 Å². The third-order valence-electron chi connectivity index (χ3n) is 4.93. The van der Waals surface area contributed by atoms with Crippen LogP contribution in [0.2, 0.25) is 10.0 Å². The van der Waals surface area contributed by atoms with Gasteiger partial charge in [0.15, 0.2) is 0 Å². The molecule has 11 heteroatoms. The molecule has 0 aliphatic carbocycles. The number of aliphatic hydroxyl groups is 1. The summed E-state index contributed by atoms with van der Waals surface area (Å²) in [7, 11) is -3.95. The second-order valence-corrected chi connectivity index (χ2v) is 9.81. The van der Waals surface area contributed by atoms with E-state index in [1.807, 2.05) is 6.92 Å². The van der Waals surface area contributed by atoms with Crippen molar-refractivity contribution in [3.8, 4) is 0 Å². The molecule has 0 bridgehead atoms. The molecule has 1 aromatic heterocycles. The maximum absolute atomic E-state index is 13.6. The standard InChI is InChI=1S/C20H23Cl2N5O3S/c1-14(4-3-11-26-15(2)23-24-25-26)27(20-12-18(22)6-5-16(20)13-28)31(29,30)19-9-7-17(21)8-10-19/h5-10,12,14,28H,3-4,11,13H2,1-2H3/t14-/m1/s1. The van der Waals surface area contributed by atoms with Crippen LogP contribution in [0.4, 0.5) is 5.69 Å². The van der Waals surface area contributed by atoms with Gasteiger partial charge >= 0.3 is 0 Å². The van der Waals surface area contributed by atoms with Crippen molar-refractivity contribution in [1.29, 1.82) is 0 Å². The SMILES string of the molecule is Cc1nnnn1CCC[C@@H](C)N(c1cc(Cl)ccc1CO)S(=O)(=O)c1ccc(Cl)cc1. The molecule has 3 aromatic rings. The fraction of sp³-hybridized carbons (Fsp3) is 0.350. The predicted molar refractivity (Wildman–Crippen MR) is 120 cm³/mol. The van der Waals surface area contributed by atoms with E-state index in [-0.39, 0.29) is 11.5 Å². The Balaban J connectivity index is 1.97. The largest absolute Gasteiger partial charge is 0.392 e. The number of benzene rings is 2. The zero-order valence-electron chi connectivity index (χ0n) is 17.1. The van der Waals surface area contributed by atoms with Gasteiger partial charge in [-0.2, -0.15) is 0 Å². The summed E-state index contributed by atoms with van der Waals surface area (Å²) in [6.07, 6.45) is 1.18. The lowest BCUT2D eigenvalue weighted by molar-refractivity contribution is 0.282. The van der Waals surface area contributed by atoms with E-state index in [4.69, 9.17) is 23.2 Å². The van der Waals surface area contributed by atoms with E-state index in [0.717, 1.165) is 0 Å². The van der Waals surface area contributed by atoms with Crippen LogP contribution in [-0.4, -0.2) is 39.8 Å². The van der Waals surface area contributed by atoms with Crippen LogP contribution in [-0.2, 0) is 23.2 Å². The van der Waals surface area contributed by atoms with Gasteiger partial charge in [0.25, 0.3) is 10.0 Å². The number of nitrogens with zero attached hydrogens (tertiary/aromatic N) is 5.